The second-order valence-corrected chi connectivity index (χ2v) is 8.91. The zero-order valence-corrected chi connectivity index (χ0v) is 17.4. The minimum absolute atomic E-state index is 0.0591. The molecule has 1 aromatic heterocycles. The zero-order chi connectivity index (χ0) is 20.1. The maximum Gasteiger partial charge on any atom is 0.160 e. The molecule has 5 nitrogen and oxygen atoms in total. The number of rotatable bonds is 7. The number of hydrogen-bond donors (Lipinski definition) is 0. The molecule has 0 amide bonds. The fourth-order valence-electron chi connectivity index (χ4n) is 3.09. The normalized spacial score (nSPS) is 19.4. The maximum atomic E-state index is 12.0. The van der Waals surface area contributed by atoms with Gasteiger partial charge in [-0.2, -0.15) is 0 Å². The molecule has 1 aliphatic heterocycles. The van der Waals surface area contributed by atoms with Gasteiger partial charge in [-0.3, -0.25) is 9.69 Å². The van der Waals surface area contributed by atoms with Gasteiger partial charge in [-0.05, 0) is 30.1 Å². The lowest BCUT2D eigenvalue weighted by Gasteiger charge is -2.41. The van der Waals surface area contributed by atoms with Crippen LogP contribution in [-0.2, 0) is 16.0 Å². The summed E-state index contributed by atoms with van der Waals surface area (Å²) in [5, 5.41) is 0. The molecule has 5 heteroatoms. The molecule has 1 aromatic rings. The van der Waals surface area contributed by atoms with Crippen molar-refractivity contribution in [3.05, 3.63) is 42.5 Å². The third-order valence-corrected chi connectivity index (χ3v) is 4.95. The van der Waals surface area contributed by atoms with Gasteiger partial charge in [0.05, 0.1) is 12.7 Å². The van der Waals surface area contributed by atoms with Gasteiger partial charge < -0.3 is 4.74 Å². The largest absolute Gasteiger partial charge is 0.375 e. The van der Waals surface area contributed by atoms with Crippen LogP contribution < -0.4 is 0 Å². The fourth-order valence-corrected chi connectivity index (χ4v) is 3.09. The number of ketones is 1. The Morgan fingerprint density at radius 3 is 2.78 bits per heavy atom. The Kier molecular flexibility index (Phi) is 7.06. The molecule has 0 aliphatic carbocycles. The van der Waals surface area contributed by atoms with E-state index in [9.17, 15) is 4.79 Å². The van der Waals surface area contributed by atoms with Gasteiger partial charge in [0, 0.05) is 36.9 Å². The summed E-state index contributed by atoms with van der Waals surface area (Å²) in [6.45, 7) is 17.2. The predicted molar refractivity (Wildman–Crippen MR) is 109 cm³/mol. The highest BCUT2D eigenvalue weighted by molar-refractivity contribution is 5.93. The molecule has 27 heavy (non-hydrogen) atoms. The molecule has 0 radical (unpaired) electrons. The second kappa shape index (κ2) is 8.89. The Balaban J connectivity index is 1.96. The van der Waals surface area contributed by atoms with Crippen molar-refractivity contribution in [1.29, 1.82) is 0 Å². The third-order valence-electron chi connectivity index (χ3n) is 4.95. The smallest absolute Gasteiger partial charge is 0.160 e. The van der Waals surface area contributed by atoms with E-state index in [-0.39, 0.29) is 22.7 Å². The van der Waals surface area contributed by atoms with Gasteiger partial charge in [0.2, 0.25) is 0 Å². The van der Waals surface area contributed by atoms with Crippen LogP contribution in [0.3, 0.4) is 0 Å². The SMILES string of the molecule is C=Cc1nccc(CC(C)(C)C2CN(C/C=C/C(=O)C(C)(C)C)CCO2)n1. The summed E-state index contributed by atoms with van der Waals surface area (Å²) in [5.74, 6) is 0.817. The monoisotopic (exact) mass is 371 g/mol. The Labute approximate surface area is 163 Å². The van der Waals surface area contributed by atoms with Crippen molar-refractivity contribution in [2.75, 3.05) is 26.2 Å². The zero-order valence-electron chi connectivity index (χ0n) is 17.4. The highest BCUT2D eigenvalue weighted by Gasteiger charge is 2.34. The second-order valence-electron chi connectivity index (χ2n) is 8.91. The number of morpholine rings is 1. The third kappa shape index (κ3) is 6.36. The minimum Gasteiger partial charge on any atom is -0.375 e. The quantitative estimate of drug-likeness (QED) is 0.686. The molecule has 0 saturated carbocycles. The van der Waals surface area contributed by atoms with Gasteiger partial charge >= 0.3 is 0 Å². The van der Waals surface area contributed by atoms with Crippen LogP contribution in [0.5, 0.6) is 0 Å². The summed E-state index contributed by atoms with van der Waals surface area (Å²) in [6.07, 6.45) is 8.06. The molecule has 1 saturated heterocycles. The molecular formula is C22H33N3O2. The number of nitrogens with zero attached hydrogens (tertiary/aromatic N) is 3. The summed E-state index contributed by atoms with van der Waals surface area (Å²) >= 11 is 0. The van der Waals surface area contributed by atoms with Gasteiger partial charge in [0.15, 0.2) is 11.6 Å². The summed E-state index contributed by atoms with van der Waals surface area (Å²) in [4.78, 5) is 23.1. The van der Waals surface area contributed by atoms with Crippen LogP contribution in [0, 0.1) is 10.8 Å². The summed E-state index contributed by atoms with van der Waals surface area (Å²) in [5.41, 5.74) is 0.617. The van der Waals surface area contributed by atoms with Crippen LogP contribution in [-0.4, -0.2) is 53.0 Å². The first-order chi connectivity index (χ1) is 12.6. The molecule has 2 rings (SSSR count). The van der Waals surface area contributed by atoms with Gasteiger partial charge in [-0.15, -0.1) is 0 Å². The van der Waals surface area contributed by atoms with Crippen molar-refractivity contribution in [1.82, 2.24) is 14.9 Å². The van der Waals surface area contributed by atoms with Gasteiger partial charge in [-0.25, -0.2) is 9.97 Å². The number of allylic oxidation sites excluding steroid dienone is 1. The first-order valence-electron chi connectivity index (χ1n) is 9.61. The first-order valence-corrected chi connectivity index (χ1v) is 9.61. The molecule has 1 fully saturated rings. The van der Waals surface area contributed by atoms with Crippen LogP contribution in [0.4, 0.5) is 0 Å². The van der Waals surface area contributed by atoms with E-state index in [1.165, 1.54) is 0 Å². The van der Waals surface area contributed by atoms with Crippen LogP contribution in [0.15, 0.2) is 31.0 Å². The Morgan fingerprint density at radius 2 is 2.11 bits per heavy atom. The van der Waals surface area contributed by atoms with Crippen LogP contribution >= 0.6 is 0 Å². The average molecular weight is 372 g/mol. The van der Waals surface area contributed by atoms with E-state index in [1.807, 2.05) is 32.9 Å². The summed E-state index contributed by atoms with van der Waals surface area (Å²) in [7, 11) is 0. The lowest BCUT2D eigenvalue weighted by Crippen LogP contribution is -2.49. The number of ether oxygens (including phenoxy) is 1. The number of carbonyl (C=O) groups is 1. The van der Waals surface area contributed by atoms with Crippen molar-refractivity contribution < 1.29 is 9.53 Å². The Morgan fingerprint density at radius 1 is 1.37 bits per heavy atom. The molecule has 0 bridgehead atoms. The molecule has 2 heterocycles. The van der Waals surface area contributed by atoms with Crippen molar-refractivity contribution in [3.8, 4) is 0 Å². The van der Waals surface area contributed by atoms with E-state index < -0.39 is 0 Å². The highest BCUT2D eigenvalue weighted by atomic mass is 16.5. The molecule has 0 N–H and O–H groups in total. The van der Waals surface area contributed by atoms with Crippen LogP contribution in [0.2, 0.25) is 0 Å². The van der Waals surface area contributed by atoms with E-state index in [2.05, 4.69) is 35.3 Å². The summed E-state index contributed by atoms with van der Waals surface area (Å²) in [6, 6.07) is 1.95. The van der Waals surface area contributed by atoms with Crippen molar-refractivity contribution >= 4 is 11.9 Å². The van der Waals surface area contributed by atoms with Gasteiger partial charge in [0.25, 0.3) is 0 Å². The standard InChI is InChI=1S/C22H33N3O2/c1-7-20-23-11-10-17(24-20)15-22(5,6)19-16-25(13-14-27-19)12-8-9-18(26)21(2,3)4/h7-11,19H,1,12-16H2,2-6H3/b9-8+. The average Bonchev–Trinajstić information content (AvgIpc) is 2.61. The molecular weight excluding hydrogens is 338 g/mol. The van der Waals surface area contributed by atoms with E-state index in [4.69, 9.17) is 4.74 Å². The van der Waals surface area contributed by atoms with Crippen LogP contribution in [0.25, 0.3) is 6.08 Å². The molecule has 1 atom stereocenters. The Bertz CT molecular complexity index is 689. The number of aromatic nitrogens is 2. The molecule has 0 spiro atoms. The van der Waals surface area contributed by atoms with Gasteiger partial charge in [-0.1, -0.05) is 47.3 Å². The van der Waals surface area contributed by atoms with Crippen molar-refractivity contribution in [3.63, 3.8) is 0 Å². The van der Waals surface area contributed by atoms with E-state index >= 15 is 0 Å². The van der Waals surface area contributed by atoms with Crippen molar-refractivity contribution in [2.45, 2.75) is 47.1 Å². The fraction of sp³-hybridized carbons (Fsp3) is 0.591. The first kappa shape index (κ1) is 21.5. The molecule has 148 valence electrons. The van der Waals surface area contributed by atoms with E-state index in [0.29, 0.717) is 12.4 Å². The van der Waals surface area contributed by atoms with Crippen molar-refractivity contribution in [2.24, 2.45) is 10.8 Å². The van der Waals surface area contributed by atoms with Crippen LogP contribution in [0.1, 0.15) is 46.1 Å². The topological polar surface area (TPSA) is 55.3 Å². The molecule has 0 aromatic carbocycles. The van der Waals surface area contributed by atoms with E-state index in [1.54, 1.807) is 18.3 Å². The molecule has 1 unspecified atom stereocenters. The van der Waals surface area contributed by atoms with Gasteiger partial charge in [0.1, 0.15) is 0 Å². The Hall–Kier alpha value is -1.85. The minimum atomic E-state index is -0.326. The molecule has 1 aliphatic rings. The number of hydrogen-bond acceptors (Lipinski definition) is 5. The lowest BCUT2D eigenvalue weighted by molar-refractivity contribution is -0.121. The highest BCUT2D eigenvalue weighted by Crippen LogP contribution is 2.30. The predicted octanol–water partition coefficient (Wildman–Crippen LogP) is 3.56. The lowest BCUT2D eigenvalue weighted by atomic mass is 9.81. The summed E-state index contributed by atoms with van der Waals surface area (Å²) < 4.78 is 6.09. The number of carbonyl (C=O) groups excluding carboxylic acids is 1. The maximum absolute atomic E-state index is 12.0. The van der Waals surface area contributed by atoms with E-state index in [0.717, 1.165) is 31.7 Å².